The molecule has 1 atom stereocenters. The largest absolute Gasteiger partial charge is 0.477 e. The molecule has 1 aromatic rings. The summed E-state index contributed by atoms with van der Waals surface area (Å²) in [5.41, 5.74) is 2.83. The second kappa shape index (κ2) is 4.43. The summed E-state index contributed by atoms with van der Waals surface area (Å²) in [6.45, 7) is 0.199. The van der Waals surface area contributed by atoms with Gasteiger partial charge in [0.25, 0.3) is 5.92 Å². The first-order valence-corrected chi connectivity index (χ1v) is 5.81. The van der Waals surface area contributed by atoms with Crippen molar-refractivity contribution < 1.29 is 23.1 Å². The summed E-state index contributed by atoms with van der Waals surface area (Å²) < 4.78 is 42.2. The minimum Gasteiger partial charge on any atom is -0.477 e. The predicted molar refractivity (Wildman–Crippen MR) is 66.8 cm³/mol. The number of allylic oxidation sites excluding steroid dienone is 1. The van der Waals surface area contributed by atoms with Crippen LogP contribution in [0.25, 0.3) is 0 Å². The fourth-order valence-electron chi connectivity index (χ4n) is 2.19. The summed E-state index contributed by atoms with van der Waals surface area (Å²) in [6.07, 6.45) is 0.830. The highest BCUT2D eigenvalue weighted by atomic mass is 19.3. The molecule has 108 valence electrons. The normalized spacial score (nSPS) is 24.7. The SMILES string of the molecule is C[C@]1(c2cc(N)ccc2F)C=C(C(=O)O)NCC1(F)F. The number of hydrogen-bond donors (Lipinski definition) is 3. The number of anilines is 1. The Balaban J connectivity index is 2.67. The molecule has 0 amide bonds. The number of nitrogens with two attached hydrogens (primary N) is 1. The number of carboxylic acids is 1. The molecule has 1 aromatic carbocycles. The van der Waals surface area contributed by atoms with E-state index < -0.39 is 29.7 Å². The van der Waals surface area contributed by atoms with Crippen LogP contribution < -0.4 is 11.1 Å². The number of hydrogen-bond acceptors (Lipinski definition) is 3. The van der Waals surface area contributed by atoms with E-state index in [0.29, 0.717) is 0 Å². The zero-order valence-corrected chi connectivity index (χ0v) is 10.6. The average molecular weight is 286 g/mol. The van der Waals surface area contributed by atoms with Gasteiger partial charge in [0, 0.05) is 11.3 Å². The molecule has 1 aliphatic rings. The van der Waals surface area contributed by atoms with E-state index in [2.05, 4.69) is 5.32 Å². The molecule has 0 saturated heterocycles. The smallest absolute Gasteiger partial charge is 0.351 e. The minimum absolute atomic E-state index is 0.127. The van der Waals surface area contributed by atoms with Crippen LogP contribution in [0.3, 0.4) is 0 Å². The van der Waals surface area contributed by atoms with Gasteiger partial charge < -0.3 is 16.2 Å². The molecule has 0 aliphatic carbocycles. The van der Waals surface area contributed by atoms with Gasteiger partial charge in [0.2, 0.25) is 0 Å². The Morgan fingerprint density at radius 1 is 1.45 bits per heavy atom. The molecule has 0 aromatic heterocycles. The number of rotatable bonds is 2. The van der Waals surface area contributed by atoms with Crippen LogP contribution in [-0.2, 0) is 10.2 Å². The molecule has 4 N–H and O–H groups in total. The Labute approximate surface area is 113 Å². The number of carbonyl (C=O) groups is 1. The average Bonchev–Trinajstić information content (AvgIpc) is 2.35. The first-order chi connectivity index (χ1) is 9.17. The van der Waals surface area contributed by atoms with Crippen LogP contribution in [0, 0.1) is 5.82 Å². The van der Waals surface area contributed by atoms with Gasteiger partial charge in [-0.25, -0.2) is 18.0 Å². The van der Waals surface area contributed by atoms with Crippen LogP contribution in [0.1, 0.15) is 12.5 Å². The van der Waals surface area contributed by atoms with Crippen molar-refractivity contribution >= 4 is 11.7 Å². The molecular formula is C13H13F3N2O2. The Hall–Kier alpha value is -2.18. The monoisotopic (exact) mass is 286 g/mol. The maximum atomic E-state index is 14.2. The maximum absolute atomic E-state index is 14.2. The summed E-state index contributed by atoms with van der Waals surface area (Å²) in [7, 11) is 0. The van der Waals surface area contributed by atoms with Crippen LogP contribution in [-0.4, -0.2) is 23.5 Å². The Bertz CT molecular complexity index is 601. The molecule has 0 radical (unpaired) electrons. The van der Waals surface area contributed by atoms with Crippen molar-refractivity contribution in [2.45, 2.75) is 18.3 Å². The highest BCUT2D eigenvalue weighted by molar-refractivity contribution is 5.86. The third kappa shape index (κ3) is 2.09. The van der Waals surface area contributed by atoms with E-state index in [1.54, 1.807) is 0 Å². The molecule has 1 aliphatic heterocycles. The molecule has 0 spiro atoms. The zero-order valence-electron chi connectivity index (χ0n) is 10.6. The maximum Gasteiger partial charge on any atom is 0.351 e. The summed E-state index contributed by atoms with van der Waals surface area (Å²) >= 11 is 0. The van der Waals surface area contributed by atoms with Crippen LogP contribution in [0.2, 0.25) is 0 Å². The molecule has 0 saturated carbocycles. The van der Waals surface area contributed by atoms with E-state index in [4.69, 9.17) is 10.8 Å². The quantitative estimate of drug-likeness (QED) is 0.726. The molecule has 0 bridgehead atoms. The molecule has 0 fully saturated rings. The fourth-order valence-corrected chi connectivity index (χ4v) is 2.19. The van der Waals surface area contributed by atoms with Gasteiger partial charge in [-0.15, -0.1) is 0 Å². The van der Waals surface area contributed by atoms with Gasteiger partial charge in [-0.05, 0) is 31.2 Å². The van der Waals surface area contributed by atoms with Crippen LogP contribution >= 0.6 is 0 Å². The number of nitrogen functional groups attached to an aromatic ring is 1. The number of nitrogens with one attached hydrogen (secondary N) is 1. The van der Waals surface area contributed by atoms with Gasteiger partial charge in [0.15, 0.2) is 0 Å². The zero-order chi connectivity index (χ0) is 15.1. The lowest BCUT2D eigenvalue weighted by molar-refractivity contribution is -0.134. The van der Waals surface area contributed by atoms with E-state index in [9.17, 15) is 18.0 Å². The number of alkyl halides is 2. The van der Waals surface area contributed by atoms with Crippen molar-refractivity contribution in [3.63, 3.8) is 0 Å². The lowest BCUT2D eigenvalue weighted by Crippen LogP contribution is -2.53. The third-order valence-corrected chi connectivity index (χ3v) is 3.47. The Morgan fingerprint density at radius 2 is 2.10 bits per heavy atom. The van der Waals surface area contributed by atoms with E-state index >= 15 is 0 Å². The lowest BCUT2D eigenvalue weighted by Gasteiger charge is -2.39. The Morgan fingerprint density at radius 3 is 2.70 bits per heavy atom. The van der Waals surface area contributed by atoms with Crippen molar-refractivity contribution in [1.29, 1.82) is 0 Å². The van der Waals surface area contributed by atoms with E-state index in [0.717, 1.165) is 25.1 Å². The van der Waals surface area contributed by atoms with Gasteiger partial charge in [0.05, 0.1) is 12.0 Å². The van der Waals surface area contributed by atoms with Gasteiger partial charge in [0.1, 0.15) is 11.5 Å². The van der Waals surface area contributed by atoms with Crippen molar-refractivity contribution in [2.24, 2.45) is 0 Å². The molecule has 1 heterocycles. The van der Waals surface area contributed by atoms with Crippen molar-refractivity contribution in [3.05, 3.63) is 41.4 Å². The van der Waals surface area contributed by atoms with Crippen molar-refractivity contribution in [3.8, 4) is 0 Å². The molecular weight excluding hydrogens is 273 g/mol. The van der Waals surface area contributed by atoms with Gasteiger partial charge in [-0.3, -0.25) is 0 Å². The highest BCUT2D eigenvalue weighted by Gasteiger charge is 2.54. The predicted octanol–water partition coefficient (Wildman–Crippen LogP) is 1.87. The van der Waals surface area contributed by atoms with Crippen molar-refractivity contribution in [1.82, 2.24) is 5.32 Å². The molecule has 0 unspecified atom stereocenters. The number of halogens is 3. The second-order valence-corrected chi connectivity index (χ2v) is 4.86. The van der Waals surface area contributed by atoms with E-state index in [-0.39, 0.29) is 16.9 Å². The van der Waals surface area contributed by atoms with Crippen molar-refractivity contribution in [2.75, 3.05) is 12.3 Å². The highest BCUT2D eigenvalue weighted by Crippen LogP contribution is 2.44. The first kappa shape index (κ1) is 14.2. The Kier molecular flexibility index (Phi) is 3.15. The number of aliphatic carboxylic acids is 1. The molecule has 20 heavy (non-hydrogen) atoms. The van der Waals surface area contributed by atoms with Gasteiger partial charge >= 0.3 is 5.97 Å². The second-order valence-electron chi connectivity index (χ2n) is 4.86. The third-order valence-electron chi connectivity index (χ3n) is 3.47. The minimum atomic E-state index is -3.36. The van der Waals surface area contributed by atoms with E-state index in [1.807, 2.05) is 0 Å². The van der Waals surface area contributed by atoms with Crippen LogP contribution in [0.5, 0.6) is 0 Å². The molecule has 7 heteroatoms. The lowest BCUT2D eigenvalue weighted by atomic mass is 9.73. The standard InChI is InChI=1S/C13H13F3N2O2/c1-12(8-4-7(17)2-3-9(8)14)5-10(11(19)20)18-6-13(12,15)16/h2-5,18H,6,17H2,1H3,(H,19,20)/t12-/m1/s1. The number of benzene rings is 1. The summed E-state index contributed by atoms with van der Waals surface area (Å²) in [4.78, 5) is 10.9. The summed E-state index contributed by atoms with van der Waals surface area (Å²) in [5, 5.41) is 11.0. The number of carboxylic acid groups (broad SMARTS) is 1. The summed E-state index contributed by atoms with van der Waals surface area (Å²) in [5.74, 6) is -5.60. The molecule has 2 rings (SSSR count). The summed E-state index contributed by atoms with van der Waals surface area (Å²) in [6, 6.07) is 3.34. The van der Waals surface area contributed by atoms with E-state index in [1.165, 1.54) is 6.07 Å². The van der Waals surface area contributed by atoms with Crippen LogP contribution in [0.4, 0.5) is 18.9 Å². The van der Waals surface area contributed by atoms with Gasteiger partial charge in [-0.1, -0.05) is 0 Å². The van der Waals surface area contributed by atoms with Crippen LogP contribution in [0.15, 0.2) is 30.0 Å². The first-order valence-electron chi connectivity index (χ1n) is 5.81. The molecule has 4 nitrogen and oxygen atoms in total. The fraction of sp³-hybridized carbons (Fsp3) is 0.308. The van der Waals surface area contributed by atoms with Gasteiger partial charge in [-0.2, -0.15) is 0 Å². The topological polar surface area (TPSA) is 75.4 Å².